The molecule has 5 heteroatoms. The Bertz CT molecular complexity index is 543. The molecule has 0 bridgehead atoms. The number of rotatable bonds is 5. The highest BCUT2D eigenvalue weighted by Crippen LogP contribution is 2.49. The molecule has 0 spiro atoms. The summed E-state index contributed by atoms with van der Waals surface area (Å²) in [6.07, 6.45) is 2.41. The maximum absolute atomic E-state index is 13.6. The van der Waals surface area contributed by atoms with Crippen LogP contribution in [0.1, 0.15) is 30.7 Å². The van der Waals surface area contributed by atoms with Crippen molar-refractivity contribution in [3.63, 3.8) is 0 Å². The molecule has 0 aliphatic heterocycles. The van der Waals surface area contributed by atoms with Gasteiger partial charge in [0.15, 0.2) is 11.6 Å². The normalized spacial score (nSPS) is 26.1. The van der Waals surface area contributed by atoms with E-state index in [-0.39, 0.29) is 35.3 Å². The van der Waals surface area contributed by atoms with Gasteiger partial charge in [0.25, 0.3) is 0 Å². The summed E-state index contributed by atoms with van der Waals surface area (Å²) < 4.78 is 26.8. The minimum absolute atomic E-state index is 0.0832. The van der Waals surface area contributed by atoms with Crippen LogP contribution in [0.4, 0.5) is 8.78 Å². The number of carbonyl (C=O) groups excluding carboxylic acids is 1. The van der Waals surface area contributed by atoms with Gasteiger partial charge in [-0.15, -0.1) is 0 Å². The zero-order valence-corrected chi connectivity index (χ0v) is 11.0. The summed E-state index contributed by atoms with van der Waals surface area (Å²) >= 11 is 0. The quantitative estimate of drug-likeness (QED) is 0.866. The Hall–Kier alpha value is -1.49. The van der Waals surface area contributed by atoms with E-state index in [9.17, 15) is 18.7 Å². The maximum Gasteiger partial charge on any atom is 0.223 e. The Kier molecular flexibility index (Phi) is 3.24. The largest absolute Gasteiger partial charge is 0.396 e. The van der Waals surface area contributed by atoms with Crippen LogP contribution in [0.3, 0.4) is 0 Å². The van der Waals surface area contributed by atoms with E-state index in [1.807, 2.05) is 0 Å². The summed E-state index contributed by atoms with van der Waals surface area (Å²) in [4.78, 5) is 12.0. The smallest absolute Gasteiger partial charge is 0.223 e. The number of halogens is 2. The number of benzene rings is 1. The first kappa shape index (κ1) is 13.5. The van der Waals surface area contributed by atoms with Gasteiger partial charge in [-0.1, -0.05) is 12.1 Å². The van der Waals surface area contributed by atoms with Crippen LogP contribution in [0.5, 0.6) is 0 Å². The van der Waals surface area contributed by atoms with Crippen LogP contribution in [0.2, 0.25) is 0 Å². The van der Waals surface area contributed by atoms with E-state index in [4.69, 9.17) is 0 Å². The van der Waals surface area contributed by atoms with Gasteiger partial charge in [0, 0.05) is 17.9 Å². The van der Waals surface area contributed by atoms with Gasteiger partial charge < -0.3 is 10.4 Å². The standard InChI is InChI=1S/C15H17F2NO2/c16-12-3-1-2-9(13(12)17)10-6-11(10)14(20)18-7-15(8-19)4-5-15/h1-3,10-11,19H,4-8H2,(H,18,20). The van der Waals surface area contributed by atoms with Crippen molar-refractivity contribution in [3.8, 4) is 0 Å². The molecule has 0 heterocycles. The van der Waals surface area contributed by atoms with E-state index in [0.717, 1.165) is 18.9 Å². The fourth-order valence-electron chi connectivity index (χ4n) is 2.61. The first-order chi connectivity index (χ1) is 9.56. The van der Waals surface area contributed by atoms with Crippen LogP contribution in [0.15, 0.2) is 18.2 Å². The van der Waals surface area contributed by atoms with Gasteiger partial charge >= 0.3 is 0 Å². The van der Waals surface area contributed by atoms with Gasteiger partial charge in [-0.3, -0.25) is 4.79 Å². The minimum atomic E-state index is -0.870. The molecule has 3 nitrogen and oxygen atoms in total. The number of hydrogen-bond acceptors (Lipinski definition) is 2. The lowest BCUT2D eigenvalue weighted by Gasteiger charge is -2.12. The van der Waals surface area contributed by atoms with Gasteiger partial charge in [0.1, 0.15) is 0 Å². The second kappa shape index (κ2) is 4.81. The fraction of sp³-hybridized carbons (Fsp3) is 0.533. The molecule has 2 saturated carbocycles. The molecule has 2 fully saturated rings. The van der Waals surface area contributed by atoms with Crippen LogP contribution in [0.25, 0.3) is 0 Å². The molecule has 2 N–H and O–H groups in total. The Morgan fingerprint density at radius 3 is 2.80 bits per heavy atom. The third-order valence-corrected chi connectivity index (χ3v) is 4.44. The molecular formula is C15H17F2NO2. The number of nitrogens with one attached hydrogen (secondary N) is 1. The van der Waals surface area contributed by atoms with Gasteiger partial charge in [0.05, 0.1) is 6.61 Å². The highest BCUT2D eigenvalue weighted by atomic mass is 19.2. The number of aliphatic hydroxyl groups is 1. The van der Waals surface area contributed by atoms with E-state index in [2.05, 4.69) is 5.32 Å². The molecule has 0 radical (unpaired) electrons. The van der Waals surface area contributed by atoms with Crippen molar-refractivity contribution in [3.05, 3.63) is 35.4 Å². The predicted octanol–water partition coefficient (Wildman–Crippen LogP) is 1.96. The molecule has 108 valence electrons. The van der Waals surface area contributed by atoms with E-state index in [0.29, 0.717) is 13.0 Å². The number of amides is 1. The number of carbonyl (C=O) groups is 1. The van der Waals surface area contributed by atoms with E-state index in [1.165, 1.54) is 12.1 Å². The molecule has 1 aromatic carbocycles. The molecular weight excluding hydrogens is 264 g/mol. The predicted molar refractivity (Wildman–Crippen MR) is 69.0 cm³/mol. The van der Waals surface area contributed by atoms with Crippen LogP contribution in [-0.2, 0) is 4.79 Å². The van der Waals surface area contributed by atoms with Crippen LogP contribution < -0.4 is 5.32 Å². The molecule has 0 saturated heterocycles. The summed E-state index contributed by atoms with van der Waals surface area (Å²) in [6, 6.07) is 4.08. The van der Waals surface area contributed by atoms with Crippen molar-refractivity contribution in [1.29, 1.82) is 0 Å². The minimum Gasteiger partial charge on any atom is -0.396 e. The summed E-state index contributed by atoms with van der Waals surface area (Å²) in [5.41, 5.74) is 0.151. The second-order valence-corrected chi connectivity index (χ2v) is 5.97. The highest BCUT2D eigenvalue weighted by molar-refractivity contribution is 5.83. The Balaban J connectivity index is 1.58. The zero-order chi connectivity index (χ0) is 14.3. The van der Waals surface area contributed by atoms with Crippen molar-refractivity contribution >= 4 is 5.91 Å². The first-order valence-electron chi connectivity index (χ1n) is 6.89. The van der Waals surface area contributed by atoms with Gasteiger partial charge in [-0.2, -0.15) is 0 Å². The number of hydrogen-bond donors (Lipinski definition) is 2. The molecule has 2 atom stereocenters. The van der Waals surface area contributed by atoms with Crippen molar-refractivity contribution in [2.75, 3.05) is 13.2 Å². The Morgan fingerprint density at radius 1 is 1.40 bits per heavy atom. The fourth-order valence-corrected chi connectivity index (χ4v) is 2.61. The van der Waals surface area contributed by atoms with E-state index >= 15 is 0 Å². The highest BCUT2D eigenvalue weighted by Gasteiger charge is 2.47. The Labute approximate surface area is 116 Å². The summed E-state index contributed by atoms with van der Waals surface area (Å²) in [6.45, 7) is 0.553. The number of aliphatic hydroxyl groups excluding tert-OH is 1. The molecule has 1 aromatic rings. The van der Waals surface area contributed by atoms with Crippen LogP contribution >= 0.6 is 0 Å². The molecule has 2 aliphatic carbocycles. The lowest BCUT2D eigenvalue weighted by atomic mass is 10.1. The Morgan fingerprint density at radius 2 is 2.15 bits per heavy atom. The van der Waals surface area contributed by atoms with Crippen LogP contribution in [0, 0.1) is 23.0 Å². The monoisotopic (exact) mass is 281 g/mol. The van der Waals surface area contributed by atoms with Crippen LogP contribution in [-0.4, -0.2) is 24.2 Å². The van der Waals surface area contributed by atoms with E-state index in [1.54, 1.807) is 0 Å². The van der Waals surface area contributed by atoms with Crippen molar-refractivity contribution in [2.45, 2.75) is 25.2 Å². The van der Waals surface area contributed by atoms with Gasteiger partial charge in [0.2, 0.25) is 5.91 Å². The lowest BCUT2D eigenvalue weighted by Crippen LogP contribution is -2.33. The third-order valence-electron chi connectivity index (χ3n) is 4.44. The summed E-state index contributed by atoms with van der Waals surface area (Å²) in [5, 5.41) is 12.0. The second-order valence-electron chi connectivity index (χ2n) is 5.97. The molecule has 3 rings (SSSR count). The van der Waals surface area contributed by atoms with Crippen molar-refractivity contribution < 1.29 is 18.7 Å². The zero-order valence-electron chi connectivity index (χ0n) is 11.0. The molecule has 20 heavy (non-hydrogen) atoms. The van der Waals surface area contributed by atoms with Crippen molar-refractivity contribution in [1.82, 2.24) is 5.32 Å². The van der Waals surface area contributed by atoms with Crippen molar-refractivity contribution in [2.24, 2.45) is 11.3 Å². The SMILES string of the molecule is O=C(NCC1(CO)CC1)C1CC1c1cccc(F)c1F. The summed E-state index contributed by atoms with van der Waals surface area (Å²) in [5.74, 6) is -2.35. The third kappa shape index (κ3) is 2.42. The lowest BCUT2D eigenvalue weighted by molar-refractivity contribution is -0.122. The average Bonchev–Trinajstić information content (AvgIpc) is 3.34. The molecule has 0 aromatic heterocycles. The topological polar surface area (TPSA) is 49.3 Å². The van der Waals surface area contributed by atoms with Gasteiger partial charge in [-0.05, 0) is 36.8 Å². The average molecular weight is 281 g/mol. The maximum atomic E-state index is 13.6. The molecule has 2 unspecified atom stereocenters. The van der Waals surface area contributed by atoms with E-state index < -0.39 is 11.6 Å². The summed E-state index contributed by atoms with van der Waals surface area (Å²) in [7, 11) is 0. The van der Waals surface area contributed by atoms with Gasteiger partial charge in [-0.25, -0.2) is 8.78 Å². The molecule has 2 aliphatic rings. The first-order valence-corrected chi connectivity index (χ1v) is 6.89. The molecule has 1 amide bonds.